The molecule has 1 saturated heterocycles. The summed E-state index contributed by atoms with van der Waals surface area (Å²) in [6.07, 6.45) is 3.09. The van der Waals surface area contributed by atoms with Gasteiger partial charge in [-0.3, -0.25) is 4.79 Å². The number of ether oxygens (including phenoxy) is 2. The maximum absolute atomic E-state index is 11.4. The molecule has 16 heavy (non-hydrogen) atoms. The Labute approximate surface area is 97.9 Å². The number of hydrogen-bond acceptors (Lipinski definition) is 4. The lowest BCUT2D eigenvalue weighted by molar-refractivity contribution is -0.147. The van der Waals surface area contributed by atoms with E-state index in [0.717, 1.165) is 52.1 Å². The van der Waals surface area contributed by atoms with Crippen LogP contribution in [0.15, 0.2) is 0 Å². The maximum atomic E-state index is 11.4. The van der Waals surface area contributed by atoms with Gasteiger partial charge in [0.15, 0.2) is 0 Å². The average molecular weight is 229 g/mol. The zero-order valence-corrected chi connectivity index (χ0v) is 10.4. The van der Waals surface area contributed by atoms with Gasteiger partial charge in [-0.05, 0) is 25.8 Å². The normalized spacial score (nSPS) is 22.0. The number of hydrogen-bond donors (Lipinski definition) is 0. The van der Waals surface area contributed by atoms with Gasteiger partial charge in [0.1, 0.15) is 0 Å². The molecule has 0 unspecified atom stereocenters. The molecule has 1 fully saturated rings. The van der Waals surface area contributed by atoms with Gasteiger partial charge < -0.3 is 14.4 Å². The lowest BCUT2D eigenvalue weighted by Crippen LogP contribution is -2.40. The minimum absolute atomic E-state index is 0.0601. The summed E-state index contributed by atoms with van der Waals surface area (Å²) < 4.78 is 10.2. The Balaban J connectivity index is 2.20. The molecule has 1 rings (SSSR count). The molecule has 0 aromatic carbocycles. The largest absolute Gasteiger partial charge is 0.469 e. The highest BCUT2D eigenvalue weighted by atomic mass is 16.5. The number of likely N-dealkylation sites (tertiary alicyclic amines) is 1. The van der Waals surface area contributed by atoms with Gasteiger partial charge in [0.25, 0.3) is 0 Å². The summed E-state index contributed by atoms with van der Waals surface area (Å²) in [4.78, 5) is 13.7. The summed E-state index contributed by atoms with van der Waals surface area (Å²) in [5.41, 5.74) is 0. The Hall–Kier alpha value is -0.610. The van der Waals surface area contributed by atoms with Crippen LogP contribution in [0.3, 0.4) is 0 Å². The van der Waals surface area contributed by atoms with Crippen molar-refractivity contribution in [2.75, 3.05) is 40.0 Å². The molecule has 0 aromatic rings. The summed E-state index contributed by atoms with van der Waals surface area (Å²) >= 11 is 0. The predicted octanol–water partition coefficient (Wildman–Crippen LogP) is 1.30. The maximum Gasteiger partial charge on any atom is 0.309 e. The first-order chi connectivity index (χ1) is 7.77. The van der Waals surface area contributed by atoms with Crippen molar-refractivity contribution in [2.24, 2.45) is 5.92 Å². The number of rotatable bonds is 6. The molecule has 4 nitrogen and oxygen atoms in total. The average Bonchev–Trinajstić information content (AvgIpc) is 2.34. The van der Waals surface area contributed by atoms with Gasteiger partial charge in [0.05, 0.1) is 19.6 Å². The number of esters is 1. The van der Waals surface area contributed by atoms with Crippen molar-refractivity contribution < 1.29 is 14.3 Å². The zero-order chi connectivity index (χ0) is 11.8. The Morgan fingerprint density at radius 2 is 2.25 bits per heavy atom. The molecule has 94 valence electrons. The number of methoxy groups -OCH3 is 1. The van der Waals surface area contributed by atoms with Gasteiger partial charge >= 0.3 is 5.97 Å². The van der Waals surface area contributed by atoms with E-state index in [1.165, 1.54) is 7.11 Å². The van der Waals surface area contributed by atoms with Crippen molar-refractivity contribution >= 4 is 5.97 Å². The molecule has 4 heteroatoms. The molecule has 0 radical (unpaired) electrons. The van der Waals surface area contributed by atoms with E-state index in [0.29, 0.717) is 0 Å². The fourth-order valence-corrected chi connectivity index (χ4v) is 2.06. The van der Waals surface area contributed by atoms with Crippen LogP contribution in [-0.4, -0.2) is 50.8 Å². The number of piperidine rings is 1. The second kappa shape index (κ2) is 7.63. The third-order valence-corrected chi connectivity index (χ3v) is 2.94. The molecule has 0 amide bonds. The minimum Gasteiger partial charge on any atom is -0.469 e. The zero-order valence-electron chi connectivity index (χ0n) is 10.4. The van der Waals surface area contributed by atoms with Crippen LogP contribution in [0.4, 0.5) is 0 Å². The van der Waals surface area contributed by atoms with Crippen LogP contribution < -0.4 is 0 Å². The van der Waals surface area contributed by atoms with Crippen LogP contribution in [0.1, 0.15) is 26.2 Å². The summed E-state index contributed by atoms with van der Waals surface area (Å²) in [5.74, 6) is -0.0101. The van der Waals surface area contributed by atoms with Crippen molar-refractivity contribution in [1.29, 1.82) is 0 Å². The molecular formula is C12H23NO3. The predicted molar refractivity (Wildman–Crippen MR) is 62.3 cm³/mol. The smallest absolute Gasteiger partial charge is 0.309 e. The molecule has 0 aromatic heterocycles. The van der Waals surface area contributed by atoms with Gasteiger partial charge in [-0.15, -0.1) is 0 Å². The molecule has 0 spiro atoms. The standard InChI is InChI=1S/C12H23NO3/c1-3-8-16-9-7-13-6-4-5-11(10-13)12(14)15-2/h11H,3-10H2,1-2H3/t11-/m0/s1. The summed E-state index contributed by atoms with van der Waals surface area (Å²) in [5, 5.41) is 0. The van der Waals surface area contributed by atoms with E-state index in [9.17, 15) is 4.79 Å². The lowest BCUT2D eigenvalue weighted by Gasteiger charge is -2.31. The second-order valence-corrected chi connectivity index (χ2v) is 4.28. The Morgan fingerprint density at radius 3 is 2.94 bits per heavy atom. The Morgan fingerprint density at radius 1 is 1.44 bits per heavy atom. The van der Waals surface area contributed by atoms with Crippen LogP contribution >= 0.6 is 0 Å². The first kappa shape index (κ1) is 13.5. The number of carbonyl (C=O) groups is 1. The molecule has 1 atom stereocenters. The van der Waals surface area contributed by atoms with Crippen LogP contribution in [-0.2, 0) is 14.3 Å². The monoisotopic (exact) mass is 229 g/mol. The lowest BCUT2D eigenvalue weighted by atomic mass is 9.98. The summed E-state index contributed by atoms with van der Waals surface area (Å²) in [7, 11) is 1.46. The molecule has 1 aliphatic heterocycles. The molecule has 1 heterocycles. The third kappa shape index (κ3) is 4.49. The van der Waals surface area contributed by atoms with E-state index in [1.807, 2.05) is 0 Å². The van der Waals surface area contributed by atoms with Crippen LogP contribution in [0.2, 0.25) is 0 Å². The van der Waals surface area contributed by atoms with E-state index < -0.39 is 0 Å². The van der Waals surface area contributed by atoms with Gasteiger partial charge in [0.2, 0.25) is 0 Å². The van der Waals surface area contributed by atoms with Gasteiger partial charge in [-0.2, -0.15) is 0 Å². The highest BCUT2D eigenvalue weighted by Crippen LogP contribution is 2.17. The van der Waals surface area contributed by atoms with Crippen molar-refractivity contribution in [3.8, 4) is 0 Å². The first-order valence-corrected chi connectivity index (χ1v) is 6.15. The van der Waals surface area contributed by atoms with Crippen LogP contribution in [0, 0.1) is 5.92 Å². The number of nitrogens with zero attached hydrogens (tertiary/aromatic N) is 1. The van der Waals surface area contributed by atoms with Crippen molar-refractivity contribution in [3.63, 3.8) is 0 Å². The Kier molecular flexibility index (Phi) is 6.42. The summed E-state index contributed by atoms with van der Waals surface area (Å²) in [6.45, 7) is 6.52. The molecule has 0 saturated carbocycles. The van der Waals surface area contributed by atoms with Crippen molar-refractivity contribution in [1.82, 2.24) is 4.90 Å². The van der Waals surface area contributed by atoms with Crippen molar-refractivity contribution in [3.05, 3.63) is 0 Å². The quantitative estimate of drug-likeness (QED) is 0.508. The summed E-state index contributed by atoms with van der Waals surface area (Å²) in [6, 6.07) is 0. The number of carbonyl (C=O) groups excluding carboxylic acids is 1. The fourth-order valence-electron chi connectivity index (χ4n) is 2.06. The third-order valence-electron chi connectivity index (χ3n) is 2.94. The van der Waals surface area contributed by atoms with Crippen LogP contribution in [0.5, 0.6) is 0 Å². The van der Waals surface area contributed by atoms with Gasteiger partial charge in [0, 0.05) is 19.7 Å². The second-order valence-electron chi connectivity index (χ2n) is 4.28. The van der Waals surface area contributed by atoms with E-state index in [2.05, 4.69) is 11.8 Å². The first-order valence-electron chi connectivity index (χ1n) is 6.15. The Bertz CT molecular complexity index is 208. The van der Waals surface area contributed by atoms with E-state index in [-0.39, 0.29) is 11.9 Å². The van der Waals surface area contributed by atoms with Crippen molar-refractivity contribution in [2.45, 2.75) is 26.2 Å². The topological polar surface area (TPSA) is 38.8 Å². The molecule has 0 aliphatic carbocycles. The highest BCUT2D eigenvalue weighted by molar-refractivity contribution is 5.72. The van der Waals surface area contributed by atoms with Gasteiger partial charge in [-0.1, -0.05) is 6.92 Å². The van der Waals surface area contributed by atoms with Gasteiger partial charge in [-0.25, -0.2) is 0 Å². The van der Waals surface area contributed by atoms with E-state index in [1.54, 1.807) is 0 Å². The molecule has 0 bridgehead atoms. The fraction of sp³-hybridized carbons (Fsp3) is 0.917. The van der Waals surface area contributed by atoms with E-state index >= 15 is 0 Å². The molecule has 1 aliphatic rings. The van der Waals surface area contributed by atoms with Crippen LogP contribution in [0.25, 0.3) is 0 Å². The highest BCUT2D eigenvalue weighted by Gasteiger charge is 2.25. The molecular weight excluding hydrogens is 206 g/mol. The molecule has 0 N–H and O–H groups in total. The van der Waals surface area contributed by atoms with E-state index in [4.69, 9.17) is 9.47 Å². The minimum atomic E-state index is -0.0702. The SMILES string of the molecule is CCCOCCN1CCC[C@H](C(=O)OC)C1.